The number of methoxy groups -OCH3 is 2. The summed E-state index contributed by atoms with van der Waals surface area (Å²) < 4.78 is 36.8. The van der Waals surface area contributed by atoms with Gasteiger partial charge in [0.25, 0.3) is 0 Å². The van der Waals surface area contributed by atoms with E-state index >= 15 is 0 Å². The smallest absolute Gasteiger partial charge is 0.244 e. The lowest BCUT2D eigenvalue weighted by atomic mass is 10.1. The molecule has 0 aliphatic carbocycles. The van der Waals surface area contributed by atoms with E-state index in [9.17, 15) is 18.0 Å². The summed E-state index contributed by atoms with van der Waals surface area (Å²) in [7, 11) is -0.737. The maximum atomic E-state index is 13.7. The lowest BCUT2D eigenvalue weighted by Gasteiger charge is -2.33. The van der Waals surface area contributed by atoms with Crippen LogP contribution in [0.1, 0.15) is 39.2 Å². The Kier molecular flexibility index (Phi) is 10.6. The van der Waals surface area contributed by atoms with Gasteiger partial charge in [0.1, 0.15) is 24.1 Å². The third-order valence-electron chi connectivity index (χ3n) is 5.91. The molecule has 1 N–H and O–H groups in total. The molecule has 2 aromatic carbocycles. The predicted molar refractivity (Wildman–Crippen MR) is 141 cm³/mol. The van der Waals surface area contributed by atoms with Gasteiger partial charge in [-0.3, -0.25) is 13.9 Å². The van der Waals surface area contributed by atoms with E-state index in [4.69, 9.17) is 9.47 Å². The number of anilines is 1. The average molecular weight is 520 g/mol. The number of hydrogen-bond donors (Lipinski definition) is 1. The first kappa shape index (κ1) is 29.0. The molecule has 2 aromatic rings. The third-order valence-corrected chi connectivity index (χ3v) is 7.05. The monoisotopic (exact) mass is 519 g/mol. The second kappa shape index (κ2) is 13.2. The van der Waals surface area contributed by atoms with Crippen LogP contribution in [0.3, 0.4) is 0 Å². The summed E-state index contributed by atoms with van der Waals surface area (Å²) in [5, 5.41) is 2.95. The van der Waals surface area contributed by atoms with Crippen LogP contribution in [0, 0.1) is 0 Å². The van der Waals surface area contributed by atoms with Crippen molar-refractivity contribution in [1.82, 2.24) is 10.2 Å². The van der Waals surface area contributed by atoms with Crippen LogP contribution in [0.5, 0.6) is 11.5 Å². The number of benzene rings is 2. The fourth-order valence-electron chi connectivity index (χ4n) is 3.69. The van der Waals surface area contributed by atoms with Crippen molar-refractivity contribution in [2.75, 3.05) is 31.3 Å². The molecule has 0 spiro atoms. The van der Waals surface area contributed by atoms with Gasteiger partial charge in [0, 0.05) is 12.6 Å². The molecule has 36 heavy (non-hydrogen) atoms. The van der Waals surface area contributed by atoms with E-state index in [0.717, 1.165) is 22.5 Å². The highest BCUT2D eigenvalue weighted by Gasteiger charge is 2.32. The molecule has 9 nitrogen and oxygen atoms in total. The fourth-order valence-corrected chi connectivity index (χ4v) is 4.54. The van der Waals surface area contributed by atoms with Gasteiger partial charge >= 0.3 is 0 Å². The maximum absolute atomic E-state index is 13.7. The van der Waals surface area contributed by atoms with Gasteiger partial charge in [0.05, 0.1) is 26.2 Å². The summed E-state index contributed by atoms with van der Waals surface area (Å²) in [6.45, 7) is 5.34. The number of rotatable bonds is 13. The molecular formula is C26H37N3O6S. The van der Waals surface area contributed by atoms with Crippen molar-refractivity contribution >= 4 is 27.5 Å². The molecule has 2 amide bonds. The molecule has 0 unspecified atom stereocenters. The highest BCUT2D eigenvalue weighted by molar-refractivity contribution is 7.92. The summed E-state index contributed by atoms with van der Waals surface area (Å²) in [4.78, 5) is 28.3. The number of carbonyl (C=O) groups excluding carboxylic acids is 2. The highest BCUT2D eigenvalue weighted by atomic mass is 32.2. The topological polar surface area (TPSA) is 105 Å². The van der Waals surface area contributed by atoms with E-state index in [1.165, 1.54) is 12.0 Å². The first-order valence-corrected chi connectivity index (χ1v) is 13.7. The van der Waals surface area contributed by atoms with Crippen LogP contribution in [-0.2, 0) is 26.2 Å². The number of nitrogens with one attached hydrogen (secondary N) is 1. The first-order valence-electron chi connectivity index (χ1n) is 11.9. The quantitative estimate of drug-likeness (QED) is 0.436. The molecule has 0 saturated carbocycles. The van der Waals surface area contributed by atoms with Crippen molar-refractivity contribution in [3.05, 3.63) is 54.1 Å². The van der Waals surface area contributed by atoms with Crippen molar-refractivity contribution in [1.29, 1.82) is 0 Å². The number of ether oxygens (including phenoxy) is 2. The number of amides is 2. The van der Waals surface area contributed by atoms with Crippen LogP contribution in [0.25, 0.3) is 0 Å². The van der Waals surface area contributed by atoms with E-state index < -0.39 is 28.5 Å². The van der Waals surface area contributed by atoms with E-state index in [-0.39, 0.29) is 18.5 Å². The number of hydrogen-bond acceptors (Lipinski definition) is 6. The second-order valence-corrected chi connectivity index (χ2v) is 10.5. The van der Waals surface area contributed by atoms with Gasteiger partial charge in [-0.15, -0.1) is 0 Å². The zero-order valence-electron chi connectivity index (χ0n) is 21.9. The fraction of sp³-hybridized carbons (Fsp3) is 0.462. The Morgan fingerprint density at radius 2 is 1.61 bits per heavy atom. The van der Waals surface area contributed by atoms with Crippen LogP contribution in [-0.4, -0.2) is 64.2 Å². The van der Waals surface area contributed by atoms with Crippen molar-refractivity contribution in [2.45, 2.75) is 52.2 Å². The molecule has 10 heteroatoms. The number of carbonyl (C=O) groups is 2. The van der Waals surface area contributed by atoms with Gasteiger partial charge in [-0.2, -0.15) is 0 Å². The maximum Gasteiger partial charge on any atom is 0.244 e. The molecule has 0 heterocycles. The van der Waals surface area contributed by atoms with Gasteiger partial charge < -0.3 is 19.7 Å². The number of nitrogens with zero attached hydrogens (tertiary/aromatic N) is 2. The van der Waals surface area contributed by atoms with E-state index in [2.05, 4.69) is 5.32 Å². The van der Waals surface area contributed by atoms with Crippen LogP contribution >= 0.6 is 0 Å². The standard InChI is InChI=1S/C26H37N3O6S/c1-7-19(3)27-26(31)24(8-2)28(17-20-10-9-11-23(16-20)35-5)25(30)18-29(36(6,32)33)21-12-14-22(34-4)15-13-21/h9-16,19,24H,7-8,17-18H2,1-6H3,(H,27,31)/t19-,24+/m1/s1. The van der Waals surface area contributed by atoms with Crippen molar-refractivity contribution in [2.24, 2.45) is 0 Å². The summed E-state index contributed by atoms with van der Waals surface area (Å²) in [6, 6.07) is 12.8. The Morgan fingerprint density at radius 1 is 0.972 bits per heavy atom. The molecule has 2 rings (SSSR count). The van der Waals surface area contributed by atoms with E-state index in [0.29, 0.717) is 23.6 Å². The van der Waals surface area contributed by atoms with Crippen LogP contribution in [0.2, 0.25) is 0 Å². The molecular weight excluding hydrogens is 482 g/mol. The molecule has 0 aromatic heterocycles. The normalized spacial score (nSPS) is 12.8. The van der Waals surface area contributed by atoms with Crippen molar-refractivity contribution in [3.8, 4) is 11.5 Å². The Balaban J connectivity index is 2.44. The highest BCUT2D eigenvalue weighted by Crippen LogP contribution is 2.23. The zero-order valence-corrected chi connectivity index (χ0v) is 22.7. The van der Waals surface area contributed by atoms with Gasteiger partial charge in [0.2, 0.25) is 21.8 Å². The van der Waals surface area contributed by atoms with Crippen molar-refractivity contribution in [3.63, 3.8) is 0 Å². The minimum absolute atomic E-state index is 0.0628. The van der Waals surface area contributed by atoms with Gasteiger partial charge in [0.15, 0.2) is 0 Å². The summed E-state index contributed by atoms with van der Waals surface area (Å²) in [6.07, 6.45) is 2.15. The van der Waals surface area contributed by atoms with Crippen LogP contribution < -0.4 is 19.1 Å². The third kappa shape index (κ3) is 7.87. The predicted octanol–water partition coefficient (Wildman–Crippen LogP) is 3.19. The average Bonchev–Trinajstić information content (AvgIpc) is 2.86. The Morgan fingerprint density at radius 3 is 2.14 bits per heavy atom. The molecule has 0 radical (unpaired) electrons. The summed E-state index contributed by atoms with van der Waals surface area (Å²) in [5.74, 6) is 0.405. The minimum atomic E-state index is -3.80. The van der Waals surface area contributed by atoms with Crippen molar-refractivity contribution < 1.29 is 27.5 Å². The van der Waals surface area contributed by atoms with E-state index in [1.807, 2.05) is 26.8 Å². The minimum Gasteiger partial charge on any atom is -0.497 e. The molecule has 0 fully saturated rings. The molecule has 198 valence electrons. The molecule has 2 atom stereocenters. The van der Waals surface area contributed by atoms with Gasteiger partial charge in [-0.05, 0) is 61.7 Å². The lowest BCUT2D eigenvalue weighted by molar-refractivity contribution is -0.140. The van der Waals surface area contributed by atoms with Crippen LogP contribution in [0.4, 0.5) is 5.69 Å². The molecule has 0 aliphatic heterocycles. The van der Waals surface area contributed by atoms with E-state index in [1.54, 1.807) is 49.6 Å². The Hall–Kier alpha value is -3.27. The van der Waals surface area contributed by atoms with Gasteiger partial charge in [-0.1, -0.05) is 26.0 Å². The zero-order chi connectivity index (χ0) is 26.9. The molecule has 0 saturated heterocycles. The first-order chi connectivity index (χ1) is 17.0. The van der Waals surface area contributed by atoms with Gasteiger partial charge in [-0.25, -0.2) is 8.42 Å². The lowest BCUT2D eigenvalue weighted by Crippen LogP contribution is -2.53. The Labute approximate surface area is 214 Å². The molecule has 0 aliphatic rings. The molecule has 0 bridgehead atoms. The largest absolute Gasteiger partial charge is 0.497 e. The summed E-state index contributed by atoms with van der Waals surface area (Å²) in [5.41, 5.74) is 1.08. The Bertz CT molecular complexity index is 1120. The number of sulfonamides is 1. The van der Waals surface area contributed by atoms with Crippen LogP contribution in [0.15, 0.2) is 48.5 Å². The second-order valence-electron chi connectivity index (χ2n) is 8.58. The summed E-state index contributed by atoms with van der Waals surface area (Å²) >= 11 is 0. The SMILES string of the molecule is CC[C@@H](C)NC(=O)[C@H](CC)N(Cc1cccc(OC)c1)C(=O)CN(c1ccc(OC)cc1)S(C)(=O)=O.